The van der Waals surface area contributed by atoms with E-state index in [0.29, 0.717) is 6.54 Å². The van der Waals surface area contributed by atoms with E-state index in [2.05, 4.69) is 63.2 Å². The van der Waals surface area contributed by atoms with E-state index < -0.39 is 0 Å². The SMILES string of the molecule is N#CCN1CCN(c2ccc(-c3cccc(N4CCC[C@@H]4C(N)=O)c3)cc2)CC1. The van der Waals surface area contributed by atoms with Crippen molar-refractivity contribution in [1.82, 2.24) is 4.90 Å². The Morgan fingerprint density at radius 3 is 2.45 bits per heavy atom. The van der Waals surface area contributed by atoms with Gasteiger partial charge in [-0.3, -0.25) is 9.69 Å². The number of benzene rings is 2. The van der Waals surface area contributed by atoms with E-state index in [-0.39, 0.29) is 11.9 Å². The number of nitrogens with zero attached hydrogens (tertiary/aromatic N) is 4. The molecule has 2 aromatic carbocycles. The molecule has 4 rings (SSSR count). The minimum Gasteiger partial charge on any atom is -0.369 e. The fraction of sp³-hybridized carbons (Fsp3) is 0.391. The van der Waals surface area contributed by atoms with E-state index in [1.165, 1.54) is 5.69 Å². The van der Waals surface area contributed by atoms with Crippen molar-refractivity contribution in [2.45, 2.75) is 18.9 Å². The van der Waals surface area contributed by atoms with Crippen LogP contribution < -0.4 is 15.5 Å². The van der Waals surface area contributed by atoms with Gasteiger partial charge in [-0.05, 0) is 48.2 Å². The van der Waals surface area contributed by atoms with Crippen LogP contribution in [0, 0.1) is 11.3 Å². The largest absolute Gasteiger partial charge is 0.369 e. The number of hydrogen-bond acceptors (Lipinski definition) is 5. The lowest BCUT2D eigenvalue weighted by molar-refractivity contribution is -0.119. The highest BCUT2D eigenvalue weighted by Crippen LogP contribution is 2.30. The van der Waals surface area contributed by atoms with Gasteiger partial charge >= 0.3 is 0 Å². The van der Waals surface area contributed by atoms with Crippen LogP contribution in [0.3, 0.4) is 0 Å². The summed E-state index contributed by atoms with van der Waals surface area (Å²) in [6.45, 7) is 5.12. The first-order valence-corrected chi connectivity index (χ1v) is 10.3. The molecule has 2 fully saturated rings. The first-order chi connectivity index (χ1) is 14.2. The molecule has 6 heteroatoms. The van der Waals surface area contributed by atoms with Crippen LogP contribution in [-0.4, -0.2) is 56.1 Å². The van der Waals surface area contributed by atoms with Crippen LogP contribution in [0.15, 0.2) is 48.5 Å². The van der Waals surface area contributed by atoms with Crippen molar-refractivity contribution in [2.75, 3.05) is 49.1 Å². The lowest BCUT2D eigenvalue weighted by Crippen LogP contribution is -2.46. The number of carbonyl (C=O) groups excluding carboxylic acids is 1. The highest BCUT2D eigenvalue weighted by atomic mass is 16.1. The average molecular weight is 390 g/mol. The monoisotopic (exact) mass is 389 g/mol. The molecular weight excluding hydrogens is 362 g/mol. The molecule has 2 aromatic rings. The Balaban J connectivity index is 1.47. The summed E-state index contributed by atoms with van der Waals surface area (Å²) in [6.07, 6.45) is 1.82. The van der Waals surface area contributed by atoms with Crippen LogP contribution in [0.5, 0.6) is 0 Å². The minimum absolute atomic E-state index is 0.202. The molecular formula is C23H27N5O. The van der Waals surface area contributed by atoms with E-state index >= 15 is 0 Å². The molecule has 29 heavy (non-hydrogen) atoms. The van der Waals surface area contributed by atoms with Gasteiger partial charge in [0, 0.05) is 44.1 Å². The Kier molecular flexibility index (Phi) is 5.68. The fourth-order valence-electron chi connectivity index (χ4n) is 4.36. The summed E-state index contributed by atoms with van der Waals surface area (Å²) in [5.41, 5.74) is 10.2. The number of primary amides is 1. The lowest BCUT2D eigenvalue weighted by atomic mass is 10.0. The Bertz CT molecular complexity index is 896. The summed E-state index contributed by atoms with van der Waals surface area (Å²) >= 11 is 0. The maximum absolute atomic E-state index is 11.7. The minimum atomic E-state index is -0.243. The zero-order valence-corrected chi connectivity index (χ0v) is 16.6. The predicted molar refractivity (Wildman–Crippen MR) is 116 cm³/mol. The number of piperazine rings is 1. The molecule has 0 aliphatic carbocycles. The second kappa shape index (κ2) is 8.54. The van der Waals surface area contributed by atoms with Gasteiger partial charge in [-0.25, -0.2) is 0 Å². The van der Waals surface area contributed by atoms with Gasteiger partial charge in [-0.2, -0.15) is 5.26 Å². The molecule has 0 unspecified atom stereocenters. The van der Waals surface area contributed by atoms with Gasteiger partial charge in [0.1, 0.15) is 6.04 Å². The van der Waals surface area contributed by atoms with Gasteiger partial charge in [0.2, 0.25) is 5.91 Å². The zero-order valence-electron chi connectivity index (χ0n) is 16.6. The van der Waals surface area contributed by atoms with Crippen LogP contribution in [0.2, 0.25) is 0 Å². The van der Waals surface area contributed by atoms with E-state index in [1.54, 1.807) is 0 Å². The molecule has 0 radical (unpaired) electrons. The Morgan fingerprint density at radius 1 is 1.00 bits per heavy atom. The van der Waals surface area contributed by atoms with E-state index in [4.69, 9.17) is 11.0 Å². The summed E-state index contributed by atoms with van der Waals surface area (Å²) in [6, 6.07) is 19.0. The maximum Gasteiger partial charge on any atom is 0.240 e. The molecule has 0 saturated carbocycles. The first kappa shape index (κ1) is 19.3. The van der Waals surface area contributed by atoms with Crippen molar-refractivity contribution in [2.24, 2.45) is 5.73 Å². The van der Waals surface area contributed by atoms with Crippen molar-refractivity contribution < 1.29 is 4.79 Å². The number of rotatable bonds is 5. The predicted octanol–water partition coefficient (Wildman–Crippen LogP) is 2.45. The van der Waals surface area contributed by atoms with Crippen molar-refractivity contribution in [3.63, 3.8) is 0 Å². The van der Waals surface area contributed by atoms with Gasteiger partial charge in [-0.15, -0.1) is 0 Å². The third kappa shape index (κ3) is 4.20. The number of carbonyl (C=O) groups is 1. The summed E-state index contributed by atoms with van der Waals surface area (Å²) in [7, 11) is 0. The third-order valence-electron chi connectivity index (χ3n) is 5.99. The quantitative estimate of drug-likeness (QED) is 0.795. The molecule has 2 aliphatic heterocycles. The van der Waals surface area contributed by atoms with E-state index in [9.17, 15) is 4.79 Å². The molecule has 2 heterocycles. The topological polar surface area (TPSA) is 76.6 Å². The molecule has 2 N–H and O–H groups in total. The standard InChI is InChI=1S/C23H27N5O/c24-10-12-26-13-15-27(16-14-26)20-8-6-18(7-9-20)19-3-1-4-21(17-19)28-11-2-5-22(28)23(25)29/h1,3-4,6-9,17,22H,2,5,11-16H2,(H2,25,29)/t22-/m1/s1. The molecule has 1 atom stereocenters. The number of anilines is 2. The summed E-state index contributed by atoms with van der Waals surface area (Å²) in [5, 5.41) is 8.84. The van der Waals surface area contributed by atoms with Crippen molar-refractivity contribution in [1.29, 1.82) is 5.26 Å². The Labute approximate surface area is 172 Å². The smallest absolute Gasteiger partial charge is 0.240 e. The third-order valence-corrected chi connectivity index (χ3v) is 5.99. The number of hydrogen-bond donors (Lipinski definition) is 1. The van der Waals surface area contributed by atoms with Crippen LogP contribution in [0.25, 0.3) is 11.1 Å². The Hall–Kier alpha value is -3.04. The van der Waals surface area contributed by atoms with Crippen LogP contribution in [0.1, 0.15) is 12.8 Å². The summed E-state index contributed by atoms with van der Waals surface area (Å²) in [4.78, 5) is 18.4. The Morgan fingerprint density at radius 2 is 1.76 bits per heavy atom. The second-order valence-electron chi connectivity index (χ2n) is 7.77. The molecule has 0 aromatic heterocycles. The lowest BCUT2D eigenvalue weighted by Gasteiger charge is -2.35. The maximum atomic E-state index is 11.7. The van der Waals surface area contributed by atoms with Gasteiger partial charge in [0.05, 0.1) is 12.6 Å². The molecule has 6 nitrogen and oxygen atoms in total. The van der Waals surface area contributed by atoms with Crippen molar-refractivity contribution in [3.05, 3.63) is 48.5 Å². The molecule has 0 bridgehead atoms. The average Bonchev–Trinajstić information content (AvgIpc) is 3.25. The van der Waals surface area contributed by atoms with Crippen LogP contribution >= 0.6 is 0 Å². The highest BCUT2D eigenvalue weighted by molar-refractivity contribution is 5.84. The van der Waals surface area contributed by atoms with E-state index in [0.717, 1.165) is 62.4 Å². The molecule has 0 spiro atoms. The number of nitriles is 1. The highest BCUT2D eigenvalue weighted by Gasteiger charge is 2.29. The molecule has 1 amide bonds. The van der Waals surface area contributed by atoms with Gasteiger partial charge < -0.3 is 15.5 Å². The zero-order chi connectivity index (χ0) is 20.2. The van der Waals surface area contributed by atoms with Crippen molar-refractivity contribution in [3.8, 4) is 17.2 Å². The number of amides is 1. The fourth-order valence-corrected chi connectivity index (χ4v) is 4.36. The van der Waals surface area contributed by atoms with Crippen LogP contribution in [-0.2, 0) is 4.79 Å². The molecule has 2 aliphatic rings. The number of nitrogens with two attached hydrogens (primary N) is 1. The van der Waals surface area contributed by atoms with Crippen molar-refractivity contribution >= 4 is 17.3 Å². The second-order valence-corrected chi connectivity index (χ2v) is 7.77. The normalized spacial score (nSPS) is 19.9. The summed E-state index contributed by atoms with van der Waals surface area (Å²) < 4.78 is 0. The summed E-state index contributed by atoms with van der Waals surface area (Å²) in [5.74, 6) is -0.243. The van der Waals surface area contributed by atoms with Gasteiger partial charge in [0.15, 0.2) is 0 Å². The molecule has 2 saturated heterocycles. The first-order valence-electron chi connectivity index (χ1n) is 10.3. The van der Waals surface area contributed by atoms with E-state index in [1.807, 2.05) is 6.07 Å². The van der Waals surface area contributed by atoms with Gasteiger partial charge in [0.25, 0.3) is 0 Å². The van der Waals surface area contributed by atoms with Crippen LogP contribution in [0.4, 0.5) is 11.4 Å². The van der Waals surface area contributed by atoms with Gasteiger partial charge in [-0.1, -0.05) is 24.3 Å². The molecule has 150 valence electrons.